The molecule has 0 aliphatic rings. The van der Waals surface area contributed by atoms with E-state index in [4.69, 9.17) is 4.74 Å². The van der Waals surface area contributed by atoms with Crippen molar-refractivity contribution < 1.29 is 9.53 Å². The van der Waals surface area contributed by atoms with E-state index < -0.39 is 0 Å². The minimum atomic E-state index is -0.320. The summed E-state index contributed by atoms with van der Waals surface area (Å²) in [4.78, 5) is 14.7. The lowest BCUT2D eigenvalue weighted by Gasteiger charge is -2.03. The van der Waals surface area contributed by atoms with Gasteiger partial charge in [0.1, 0.15) is 5.69 Å². The van der Waals surface area contributed by atoms with Crippen molar-refractivity contribution in [2.45, 2.75) is 20.8 Å². The molecule has 3 heteroatoms. The van der Waals surface area contributed by atoms with E-state index in [9.17, 15) is 4.79 Å². The average Bonchev–Trinajstić information content (AvgIpc) is 2.71. The summed E-state index contributed by atoms with van der Waals surface area (Å²) in [7, 11) is 0. The van der Waals surface area contributed by atoms with Gasteiger partial charge >= 0.3 is 5.97 Å². The van der Waals surface area contributed by atoms with Gasteiger partial charge in [0.05, 0.1) is 6.61 Å². The van der Waals surface area contributed by atoms with Crippen molar-refractivity contribution in [2.24, 2.45) is 0 Å². The Bertz CT molecular complexity index is 493. The first-order valence-corrected chi connectivity index (χ1v) is 5.96. The lowest BCUT2D eigenvalue weighted by molar-refractivity contribution is 0.0519. The van der Waals surface area contributed by atoms with E-state index in [1.54, 1.807) is 13.0 Å². The molecule has 1 N–H and O–H groups in total. The minimum absolute atomic E-state index is 0.320. The molecule has 0 atom stereocenters. The fraction of sp³-hybridized carbons (Fsp3) is 0.267. The molecule has 0 fully saturated rings. The van der Waals surface area contributed by atoms with Crippen molar-refractivity contribution in [3.8, 4) is 0 Å². The van der Waals surface area contributed by atoms with Crippen molar-refractivity contribution in [1.82, 2.24) is 4.98 Å². The molecule has 0 unspecified atom stereocenters. The van der Waals surface area contributed by atoms with Crippen LogP contribution in [-0.2, 0) is 4.74 Å². The second kappa shape index (κ2) is 6.64. The summed E-state index contributed by atoms with van der Waals surface area (Å²) in [6.45, 7) is 9.71. The number of allylic oxidation sites excluding steroid dienone is 5. The molecule has 0 aliphatic carbocycles. The van der Waals surface area contributed by atoms with E-state index in [-0.39, 0.29) is 5.97 Å². The Morgan fingerprint density at radius 2 is 2.28 bits per heavy atom. The molecule has 96 valence electrons. The van der Waals surface area contributed by atoms with E-state index in [1.165, 1.54) is 0 Å². The molecule has 3 nitrogen and oxygen atoms in total. The third kappa shape index (κ3) is 3.00. The summed E-state index contributed by atoms with van der Waals surface area (Å²) in [6, 6.07) is 0. The van der Waals surface area contributed by atoms with Gasteiger partial charge in [-0.05, 0) is 31.9 Å². The Morgan fingerprint density at radius 1 is 1.56 bits per heavy atom. The second-order valence-electron chi connectivity index (χ2n) is 3.78. The zero-order valence-corrected chi connectivity index (χ0v) is 11.1. The van der Waals surface area contributed by atoms with Gasteiger partial charge in [-0.25, -0.2) is 4.79 Å². The van der Waals surface area contributed by atoms with Crippen molar-refractivity contribution in [3.05, 3.63) is 53.9 Å². The van der Waals surface area contributed by atoms with Crippen LogP contribution < -0.4 is 0 Å². The molecule has 1 heterocycles. The lowest BCUT2D eigenvalue weighted by atomic mass is 10.0. The van der Waals surface area contributed by atoms with Gasteiger partial charge in [-0.15, -0.1) is 0 Å². The van der Waals surface area contributed by atoms with Gasteiger partial charge in [-0.1, -0.05) is 30.9 Å². The average molecular weight is 245 g/mol. The third-order valence-electron chi connectivity index (χ3n) is 2.57. The van der Waals surface area contributed by atoms with Crippen LogP contribution in [0.5, 0.6) is 0 Å². The number of H-pyrrole nitrogens is 1. The van der Waals surface area contributed by atoms with Crippen LogP contribution in [0.2, 0.25) is 0 Å². The second-order valence-corrected chi connectivity index (χ2v) is 3.78. The monoisotopic (exact) mass is 245 g/mol. The van der Waals surface area contributed by atoms with E-state index in [1.807, 2.05) is 38.3 Å². The van der Waals surface area contributed by atoms with E-state index >= 15 is 0 Å². The summed E-state index contributed by atoms with van der Waals surface area (Å²) in [5.74, 6) is -0.320. The van der Waals surface area contributed by atoms with Crippen LogP contribution in [0.1, 0.15) is 35.5 Å². The summed E-state index contributed by atoms with van der Waals surface area (Å²) in [6.07, 6.45) is 9.38. The van der Waals surface area contributed by atoms with Crippen LogP contribution in [0.3, 0.4) is 0 Å². The van der Waals surface area contributed by atoms with Crippen LogP contribution in [0.25, 0.3) is 5.57 Å². The zero-order valence-electron chi connectivity index (χ0n) is 11.1. The summed E-state index contributed by atoms with van der Waals surface area (Å²) >= 11 is 0. The van der Waals surface area contributed by atoms with Crippen LogP contribution in [-0.4, -0.2) is 17.6 Å². The van der Waals surface area contributed by atoms with Gasteiger partial charge < -0.3 is 9.72 Å². The highest BCUT2D eigenvalue weighted by Crippen LogP contribution is 2.23. The van der Waals surface area contributed by atoms with Crippen LogP contribution in [0.15, 0.2) is 37.1 Å². The fourth-order valence-corrected chi connectivity index (χ4v) is 1.75. The predicted octanol–water partition coefficient (Wildman–Crippen LogP) is 3.65. The number of carbonyl (C=O) groups is 1. The topological polar surface area (TPSA) is 42.1 Å². The molecule has 0 saturated heterocycles. The number of nitrogens with one attached hydrogen (secondary N) is 1. The molecule has 1 rings (SSSR count). The highest BCUT2D eigenvalue weighted by molar-refractivity contribution is 5.92. The number of ether oxygens (including phenoxy) is 1. The van der Waals surface area contributed by atoms with Gasteiger partial charge in [-0.2, -0.15) is 0 Å². The summed E-state index contributed by atoms with van der Waals surface area (Å²) in [5.41, 5.74) is 3.39. The predicted molar refractivity (Wildman–Crippen MR) is 74.5 cm³/mol. The minimum Gasteiger partial charge on any atom is -0.461 e. The Morgan fingerprint density at radius 3 is 2.83 bits per heavy atom. The molecule has 0 saturated carbocycles. The maximum absolute atomic E-state index is 11.7. The molecule has 0 spiro atoms. The molecule has 0 aliphatic heterocycles. The molecule has 0 amide bonds. The summed E-state index contributed by atoms with van der Waals surface area (Å²) in [5, 5.41) is 0. The molecule has 18 heavy (non-hydrogen) atoms. The van der Waals surface area contributed by atoms with Gasteiger partial charge in [0.25, 0.3) is 0 Å². The number of rotatable bonds is 5. The Hall–Kier alpha value is -2.03. The third-order valence-corrected chi connectivity index (χ3v) is 2.57. The first-order valence-electron chi connectivity index (χ1n) is 5.96. The standard InChI is InChI=1S/C15H19NO2/c1-5-8-12(9-6-2)13-10-16-14(11(13)4)15(17)18-7-3/h5-6,8-10,16H,1,7H2,2-4H3/b9-6-,12-8+. The number of aromatic amines is 1. The first kappa shape index (κ1) is 14.0. The number of hydrogen-bond donors (Lipinski definition) is 1. The number of hydrogen-bond acceptors (Lipinski definition) is 2. The lowest BCUT2D eigenvalue weighted by Crippen LogP contribution is -2.06. The van der Waals surface area contributed by atoms with Crippen LogP contribution in [0.4, 0.5) is 0 Å². The number of carbonyl (C=O) groups excluding carboxylic acids is 1. The molecular weight excluding hydrogens is 226 g/mol. The zero-order chi connectivity index (χ0) is 13.5. The largest absolute Gasteiger partial charge is 0.461 e. The maximum atomic E-state index is 11.7. The summed E-state index contributed by atoms with van der Waals surface area (Å²) < 4.78 is 4.99. The quantitative estimate of drug-likeness (QED) is 0.635. The molecular formula is C15H19NO2. The van der Waals surface area contributed by atoms with E-state index in [0.29, 0.717) is 12.3 Å². The van der Waals surface area contributed by atoms with E-state index in [2.05, 4.69) is 11.6 Å². The highest BCUT2D eigenvalue weighted by atomic mass is 16.5. The normalized spacial score (nSPS) is 11.8. The van der Waals surface area contributed by atoms with Gasteiger partial charge in [0.15, 0.2) is 0 Å². The van der Waals surface area contributed by atoms with Gasteiger partial charge in [0, 0.05) is 11.8 Å². The van der Waals surface area contributed by atoms with Crippen molar-refractivity contribution in [3.63, 3.8) is 0 Å². The smallest absolute Gasteiger partial charge is 0.355 e. The van der Waals surface area contributed by atoms with Gasteiger partial charge in [0.2, 0.25) is 0 Å². The fourth-order valence-electron chi connectivity index (χ4n) is 1.75. The molecule has 1 aromatic rings. The van der Waals surface area contributed by atoms with Crippen LogP contribution >= 0.6 is 0 Å². The molecule has 0 bridgehead atoms. The van der Waals surface area contributed by atoms with E-state index in [0.717, 1.165) is 16.7 Å². The SMILES string of the molecule is C=C/C=C(\C=C/C)c1c[nH]c(C(=O)OCC)c1C. The Labute approximate surface area is 108 Å². The number of esters is 1. The van der Waals surface area contributed by atoms with Gasteiger partial charge in [-0.3, -0.25) is 0 Å². The first-order chi connectivity index (χ1) is 8.65. The molecule has 0 aromatic carbocycles. The Balaban J connectivity index is 3.16. The number of aromatic nitrogens is 1. The molecule has 0 radical (unpaired) electrons. The highest BCUT2D eigenvalue weighted by Gasteiger charge is 2.16. The van der Waals surface area contributed by atoms with Crippen molar-refractivity contribution in [1.29, 1.82) is 0 Å². The van der Waals surface area contributed by atoms with Crippen molar-refractivity contribution >= 4 is 11.5 Å². The van der Waals surface area contributed by atoms with Crippen LogP contribution in [0, 0.1) is 6.92 Å². The molecule has 1 aromatic heterocycles. The maximum Gasteiger partial charge on any atom is 0.355 e. The Kier molecular flexibility index (Phi) is 5.18. The van der Waals surface area contributed by atoms with Crippen molar-refractivity contribution in [2.75, 3.05) is 6.61 Å².